The molecule has 1 N–H and O–H groups in total. The van der Waals surface area contributed by atoms with E-state index < -0.39 is 11.6 Å². The largest absolute Gasteiger partial charge is 0.315 e. The van der Waals surface area contributed by atoms with Crippen LogP contribution in [-0.4, -0.2) is 31.1 Å². The van der Waals surface area contributed by atoms with Crippen LogP contribution in [0.4, 0.5) is 8.78 Å². The quantitative estimate of drug-likeness (QED) is 0.906. The van der Waals surface area contributed by atoms with Crippen molar-refractivity contribution in [2.75, 3.05) is 26.2 Å². The normalized spacial score (nSPS) is 19.4. The lowest BCUT2D eigenvalue weighted by Gasteiger charge is -2.34. The first-order chi connectivity index (χ1) is 9.09. The Morgan fingerprint density at radius 2 is 1.95 bits per heavy atom. The Labute approximate surface area is 113 Å². The summed E-state index contributed by atoms with van der Waals surface area (Å²) in [4.78, 5) is 2.31. The minimum Gasteiger partial charge on any atom is -0.315 e. The molecule has 0 spiro atoms. The van der Waals surface area contributed by atoms with Crippen LogP contribution >= 0.6 is 0 Å². The smallest absolute Gasteiger partial charge is 0.130 e. The highest BCUT2D eigenvalue weighted by Gasteiger charge is 2.26. The average Bonchev–Trinajstić information content (AvgIpc) is 2.61. The predicted molar refractivity (Wildman–Crippen MR) is 73.0 cm³/mol. The molecule has 1 saturated heterocycles. The van der Waals surface area contributed by atoms with Crippen molar-refractivity contribution < 1.29 is 8.78 Å². The average molecular weight is 268 g/mol. The highest BCUT2D eigenvalue weighted by atomic mass is 19.1. The molecule has 1 heterocycles. The number of benzene rings is 1. The second-order valence-electron chi connectivity index (χ2n) is 5.49. The van der Waals surface area contributed by atoms with E-state index >= 15 is 0 Å². The maximum Gasteiger partial charge on any atom is 0.130 e. The van der Waals surface area contributed by atoms with E-state index in [0.29, 0.717) is 5.56 Å². The van der Waals surface area contributed by atoms with Crippen molar-refractivity contribution in [3.05, 3.63) is 35.4 Å². The molecule has 1 fully saturated rings. The number of hydrogen-bond acceptors (Lipinski definition) is 2. The summed E-state index contributed by atoms with van der Waals surface area (Å²) < 4.78 is 27.1. The summed E-state index contributed by atoms with van der Waals surface area (Å²) in [5, 5.41) is 3.35. The van der Waals surface area contributed by atoms with Gasteiger partial charge in [-0.2, -0.15) is 0 Å². The van der Waals surface area contributed by atoms with Crippen molar-refractivity contribution in [2.45, 2.75) is 26.3 Å². The minimum atomic E-state index is -0.513. The molecule has 0 saturated carbocycles. The van der Waals surface area contributed by atoms with E-state index in [-0.39, 0.29) is 12.0 Å². The molecule has 0 amide bonds. The van der Waals surface area contributed by atoms with Crippen LogP contribution in [0, 0.1) is 17.6 Å². The second kappa shape index (κ2) is 6.44. The lowest BCUT2D eigenvalue weighted by Crippen LogP contribution is -2.35. The zero-order valence-corrected chi connectivity index (χ0v) is 11.6. The van der Waals surface area contributed by atoms with Crippen LogP contribution in [0.15, 0.2) is 18.2 Å². The summed E-state index contributed by atoms with van der Waals surface area (Å²) in [5.74, 6) is -0.657. The fourth-order valence-corrected chi connectivity index (χ4v) is 2.86. The molecule has 0 aliphatic carbocycles. The molecule has 1 aliphatic rings. The minimum absolute atomic E-state index is 0.0144. The van der Waals surface area contributed by atoms with Gasteiger partial charge in [0.25, 0.3) is 0 Å². The Hall–Kier alpha value is -1.00. The Kier molecular flexibility index (Phi) is 4.88. The zero-order chi connectivity index (χ0) is 13.8. The predicted octanol–water partition coefficient (Wildman–Crippen LogP) is 2.96. The first-order valence-electron chi connectivity index (χ1n) is 6.99. The molecular formula is C15H22F2N2. The van der Waals surface area contributed by atoms with Gasteiger partial charge in [0, 0.05) is 37.3 Å². The first-order valence-corrected chi connectivity index (χ1v) is 6.99. The monoisotopic (exact) mass is 268 g/mol. The molecule has 1 aliphatic heterocycles. The number of nitrogens with one attached hydrogen (secondary N) is 1. The summed E-state index contributed by atoms with van der Waals surface area (Å²) in [6.45, 7) is 7.96. The number of nitrogens with zero attached hydrogens (tertiary/aromatic N) is 1. The van der Waals surface area contributed by atoms with Crippen molar-refractivity contribution in [2.24, 2.45) is 5.92 Å². The molecule has 106 valence electrons. The lowest BCUT2D eigenvalue weighted by atomic mass is 9.93. The van der Waals surface area contributed by atoms with Crippen LogP contribution < -0.4 is 5.32 Å². The molecule has 1 atom stereocenters. The Morgan fingerprint density at radius 3 is 2.63 bits per heavy atom. The standard InChI is InChI=1S/C15H22F2N2/c1-11(2)15(19-8-3-6-18-7-9-19)13-5-4-12(16)10-14(13)17/h4-5,10-11,15,18H,3,6-9H2,1-2H3. The van der Waals surface area contributed by atoms with Crippen LogP contribution in [0.5, 0.6) is 0 Å². The molecular weight excluding hydrogens is 246 g/mol. The van der Waals surface area contributed by atoms with Crippen molar-refractivity contribution in [1.29, 1.82) is 0 Å². The fraction of sp³-hybridized carbons (Fsp3) is 0.600. The fourth-order valence-electron chi connectivity index (χ4n) is 2.86. The van der Waals surface area contributed by atoms with E-state index in [1.807, 2.05) is 0 Å². The van der Waals surface area contributed by atoms with Crippen LogP contribution in [0.1, 0.15) is 31.9 Å². The van der Waals surface area contributed by atoms with Gasteiger partial charge in [-0.3, -0.25) is 4.90 Å². The van der Waals surface area contributed by atoms with Gasteiger partial charge >= 0.3 is 0 Å². The maximum absolute atomic E-state index is 14.0. The Balaban J connectivity index is 2.28. The summed E-state index contributed by atoms with van der Waals surface area (Å²) >= 11 is 0. The highest BCUT2D eigenvalue weighted by Crippen LogP contribution is 2.31. The molecule has 19 heavy (non-hydrogen) atoms. The Bertz CT molecular complexity index is 413. The van der Waals surface area contributed by atoms with Gasteiger partial charge < -0.3 is 5.32 Å². The highest BCUT2D eigenvalue weighted by molar-refractivity contribution is 5.23. The van der Waals surface area contributed by atoms with Crippen molar-refractivity contribution in [3.8, 4) is 0 Å². The third-order valence-corrected chi connectivity index (χ3v) is 3.68. The second-order valence-corrected chi connectivity index (χ2v) is 5.49. The third-order valence-electron chi connectivity index (χ3n) is 3.68. The van der Waals surface area contributed by atoms with E-state index in [4.69, 9.17) is 0 Å². The third kappa shape index (κ3) is 3.51. The van der Waals surface area contributed by atoms with Gasteiger partial charge in [0.05, 0.1) is 0 Å². The van der Waals surface area contributed by atoms with Gasteiger partial charge in [0.15, 0.2) is 0 Å². The van der Waals surface area contributed by atoms with Crippen LogP contribution in [-0.2, 0) is 0 Å². The summed E-state index contributed by atoms with van der Waals surface area (Å²) in [7, 11) is 0. The van der Waals surface area contributed by atoms with Crippen molar-refractivity contribution in [1.82, 2.24) is 10.2 Å². The molecule has 2 rings (SSSR count). The topological polar surface area (TPSA) is 15.3 Å². The number of halogens is 2. The molecule has 1 aromatic carbocycles. The molecule has 4 heteroatoms. The Morgan fingerprint density at radius 1 is 1.16 bits per heavy atom. The first kappa shape index (κ1) is 14.4. The molecule has 2 nitrogen and oxygen atoms in total. The van der Waals surface area contributed by atoms with Gasteiger partial charge in [-0.25, -0.2) is 8.78 Å². The van der Waals surface area contributed by atoms with E-state index in [2.05, 4.69) is 24.1 Å². The van der Waals surface area contributed by atoms with Crippen LogP contribution in [0.25, 0.3) is 0 Å². The number of hydrogen-bond donors (Lipinski definition) is 1. The molecule has 1 aromatic rings. The SMILES string of the molecule is CC(C)C(c1ccc(F)cc1F)N1CCCNCC1. The van der Waals surface area contributed by atoms with Crippen molar-refractivity contribution >= 4 is 0 Å². The van der Waals surface area contributed by atoms with E-state index in [1.165, 1.54) is 6.07 Å². The summed E-state index contributed by atoms with van der Waals surface area (Å²) in [5.41, 5.74) is 0.610. The molecule has 0 aromatic heterocycles. The molecule has 1 unspecified atom stereocenters. The summed E-state index contributed by atoms with van der Waals surface area (Å²) in [6.07, 6.45) is 1.06. The van der Waals surface area contributed by atoms with E-state index in [1.54, 1.807) is 6.07 Å². The van der Waals surface area contributed by atoms with E-state index in [9.17, 15) is 8.78 Å². The van der Waals surface area contributed by atoms with Gasteiger partial charge in [-0.15, -0.1) is 0 Å². The number of rotatable bonds is 3. The molecule has 0 bridgehead atoms. The lowest BCUT2D eigenvalue weighted by molar-refractivity contribution is 0.162. The van der Waals surface area contributed by atoms with Crippen LogP contribution in [0.3, 0.4) is 0 Å². The van der Waals surface area contributed by atoms with Gasteiger partial charge in [-0.1, -0.05) is 19.9 Å². The van der Waals surface area contributed by atoms with E-state index in [0.717, 1.165) is 38.7 Å². The van der Waals surface area contributed by atoms with Gasteiger partial charge in [0.2, 0.25) is 0 Å². The van der Waals surface area contributed by atoms with Crippen molar-refractivity contribution in [3.63, 3.8) is 0 Å². The van der Waals surface area contributed by atoms with Crippen LogP contribution in [0.2, 0.25) is 0 Å². The van der Waals surface area contributed by atoms with Gasteiger partial charge in [-0.05, 0) is 24.9 Å². The van der Waals surface area contributed by atoms with Gasteiger partial charge in [0.1, 0.15) is 11.6 Å². The maximum atomic E-state index is 14.0. The molecule has 0 radical (unpaired) electrons. The summed E-state index contributed by atoms with van der Waals surface area (Å²) in [6, 6.07) is 3.94. The zero-order valence-electron chi connectivity index (χ0n) is 11.6.